The zero-order valence-corrected chi connectivity index (χ0v) is 15.9. The summed E-state index contributed by atoms with van der Waals surface area (Å²) in [6.45, 7) is 8.27. The van der Waals surface area contributed by atoms with E-state index < -0.39 is 0 Å². The van der Waals surface area contributed by atoms with Gasteiger partial charge in [-0.15, -0.1) is 0 Å². The van der Waals surface area contributed by atoms with Crippen molar-refractivity contribution < 1.29 is 4.79 Å². The fourth-order valence-electron chi connectivity index (χ4n) is 3.58. The van der Waals surface area contributed by atoms with E-state index in [0.717, 1.165) is 47.9 Å². The quantitative estimate of drug-likeness (QED) is 0.713. The van der Waals surface area contributed by atoms with Crippen LogP contribution in [0.25, 0.3) is 22.6 Å². The van der Waals surface area contributed by atoms with Crippen LogP contribution in [-0.4, -0.2) is 59.7 Å². The van der Waals surface area contributed by atoms with Crippen molar-refractivity contribution in [2.24, 2.45) is 0 Å². The number of carbonyl (C=O) groups is 1. The summed E-state index contributed by atoms with van der Waals surface area (Å²) in [5, 5.41) is 7.84. The van der Waals surface area contributed by atoms with E-state index in [0.29, 0.717) is 18.6 Å². The molecule has 0 radical (unpaired) electrons. The molecule has 9 nitrogen and oxygen atoms in total. The minimum atomic E-state index is 0.176. The third-order valence-electron chi connectivity index (χ3n) is 5.13. The lowest BCUT2D eigenvalue weighted by molar-refractivity contribution is -0.129. The molecular formula is C18H24N8O. The van der Waals surface area contributed by atoms with Gasteiger partial charge in [-0.2, -0.15) is 5.10 Å². The van der Waals surface area contributed by atoms with Gasteiger partial charge in [0.2, 0.25) is 5.91 Å². The van der Waals surface area contributed by atoms with Crippen molar-refractivity contribution in [1.82, 2.24) is 34.6 Å². The van der Waals surface area contributed by atoms with E-state index in [9.17, 15) is 4.79 Å². The zero-order chi connectivity index (χ0) is 19.0. The number of aromatic nitrogens is 6. The SMILES string of the molecule is CCC(=O)N1CC[C@H](Nc2ncnc3nc(-c4cnn(CC)c4C)[nH]c23)C1. The molecule has 0 aliphatic carbocycles. The molecule has 1 fully saturated rings. The van der Waals surface area contributed by atoms with Gasteiger partial charge in [0.1, 0.15) is 17.7 Å². The minimum absolute atomic E-state index is 0.176. The fraction of sp³-hybridized carbons (Fsp3) is 0.500. The van der Waals surface area contributed by atoms with Crippen LogP contribution in [0.4, 0.5) is 5.82 Å². The Morgan fingerprint density at radius 2 is 2.22 bits per heavy atom. The summed E-state index contributed by atoms with van der Waals surface area (Å²) < 4.78 is 1.94. The third kappa shape index (κ3) is 3.13. The Morgan fingerprint density at radius 1 is 1.37 bits per heavy atom. The number of imidazole rings is 1. The van der Waals surface area contributed by atoms with Crippen molar-refractivity contribution >= 4 is 22.9 Å². The van der Waals surface area contributed by atoms with Crippen molar-refractivity contribution in [3.63, 3.8) is 0 Å². The van der Waals surface area contributed by atoms with Crippen LogP contribution in [0.1, 0.15) is 32.4 Å². The van der Waals surface area contributed by atoms with E-state index in [4.69, 9.17) is 0 Å². The van der Waals surface area contributed by atoms with Gasteiger partial charge in [-0.1, -0.05) is 6.92 Å². The third-order valence-corrected chi connectivity index (χ3v) is 5.13. The fourth-order valence-corrected chi connectivity index (χ4v) is 3.58. The molecule has 1 aliphatic rings. The first-order valence-corrected chi connectivity index (χ1v) is 9.38. The molecule has 142 valence electrons. The highest BCUT2D eigenvalue weighted by atomic mass is 16.2. The summed E-state index contributed by atoms with van der Waals surface area (Å²) in [5.41, 5.74) is 3.41. The summed E-state index contributed by atoms with van der Waals surface area (Å²) in [5.74, 6) is 1.65. The molecule has 0 unspecified atom stereocenters. The number of likely N-dealkylation sites (tertiary alicyclic amines) is 1. The number of rotatable bonds is 5. The Labute approximate surface area is 157 Å². The Balaban J connectivity index is 1.60. The lowest BCUT2D eigenvalue weighted by Gasteiger charge is -2.16. The van der Waals surface area contributed by atoms with E-state index >= 15 is 0 Å². The molecule has 0 saturated carbocycles. The summed E-state index contributed by atoms with van der Waals surface area (Å²) in [6, 6.07) is 0.176. The van der Waals surface area contributed by atoms with E-state index in [2.05, 4.69) is 37.3 Å². The van der Waals surface area contributed by atoms with E-state index in [1.54, 1.807) is 0 Å². The average Bonchev–Trinajstić information content (AvgIpc) is 3.39. The van der Waals surface area contributed by atoms with Crippen molar-refractivity contribution in [2.75, 3.05) is 18.4 Å². The van der Waals surface area contributed by atoms with Crippen molar-refractivity contribution in [2.45, 2.75) is 46.2 Å². The van der Waals surface area contributed by atoms with E-state index in [1.165, 1.54) is 6.33 Å². The normalized spacial score (nSPS) is 17.0. The molecule has 4 rings (SSSR count). The minimum Gasteiger partial charge on any atom is -0.364 e. The van der Waals surface area contributed by atoms with Gasteiger partial charge in [-0.3, -0.25) is 9.48 Å². The number of amides is 1. The predicted molar refractivity (Wildman–Crippen MR) is 102 cm³/mol. The van der Waals surface area contributed by atoms with Gasteiger partial charge in [0.15, 0.2) is 11.5 Å². The average molecular weight is 368 g/mol. The number of nitrogens with zero attached hydrogens (tertiary/aromatic N) is 6. The molecule has 0 bridgehead atoms. The second-order valence-corrected chi connectivity index (χ2v) is 6.79. The molecule has 1 atom stereocenters. The Kier molecular flexibility index (Phi) is 4.51. The molecule has 4 heterocycles. The largest absolute Gasteiger partial charge is 0.364 e. The van der Waals surface area contributed by atoms with Gasteiger partial charge in [0.25, 0.3) is 0 Å². The van der Waals surface area contributed by atoms with Crippen LogP contribution in [0.5, 0.6) is 0 Å². The highest BCUT2D eigenvalue weighted by Gasteiger charge is 2.26. The molecule has 9 heteroatoms. The number of aryl methyl sites for hydroxylation is 1. The second kappa shape index (κ2) is 6.98. The number of H-pyrrole nitrogens is 1. The maximum atomic E-state index is 11.9. The lowest BCUT2D eigenvalue weighted by atomic mass is 10.2. The first kappa shape index (κ1) is 17.4. The first-order valence-electron chi connectivity index (χ1n) is 9.38. The highest BCUT2D eigenvalue weighted by molar-refractivity contribution is 5.85. The number of anilines is 1. The van der Waals surface area contributed by atoms with Gasteiger partial charge in [0.05, 0.1) is 11.8 Å². The molecule has 1 amide bonds. The summed E-state index contributed by atoms with van der Waals surface area (Å²) >= 11 is 0. The standard InChI is InChI=1S/C18H24N8O/c1-4-14(27)25-7-6-12(9-25)22-17-15-18(20-10-19-17)24-16(23-15)13-8-21-26(5-2)11(13)3/h8,10,12H,4-7,9H2,1-3H3,(H2,19,20,22,23,24)/t12-/m0/s1. The topological polar surface area (TPSA) is 105 Å². The van der Waals surface area contributed by atoms with Crippen molar-refractivity contribution in [1.29, 1.82) is 0 Å². The first-order chi connectivity index (χ1) is 13.1. The van der Waals surface area contributed by atoms with Gasteiger partial charge in [0, 0.05) is 37.8 Å². The van der Waals surface area contributed by atoms with Crippen LogP contribution in [0.15, 0.2) is 12.5 Å². The highest BCUT2D eigenvalue weighted by Crippen LogP contribution is 2.26. The molecule has 1 aliphatic heterocycles. The number of hydrogen-bond acceptors (Lipinski definition) is 6. The Bertz CT molecular complexity index is 975. The number of aromatic amines is 1. The van der Waals surface area contributed by atoms with Gasteiger partial charge in [-0.25, -0.2) is 15.0 Å². The maximum absolute atomic E-state index is 11.9. The number of fused-ring (bicyclic) bond motifs is 1. The monoisotopic (exact) mass is 368 g/mol. The Hall–Kier alpha value is -2.97. The number of hydrogen-bond donors (Lipinski definition) is 2. The van der Waals surface area contributed by atoms with Gasteiger partial charge < -0.3 is 15.2 Å². The maximum Gasteiger partial charge on any atom is 0.222 e. The van der Waals surface area contributed by atoms with Crippen LogP contribution in [-0.2, 0) is 11.3 Å². The molecular weight excluding hydrogens is 344 g/mol. The molecule has 27 heavy (non-hydrogen) atoms. The number of nitrogens with one attached hydrogen (secondary N) is 2. The van der Waals surface area contributed by atoms with Crippen LogP contribution in [0.3, 0.4) is 0 Å². The number of carbonyl (C=O) groups excluding carboxylic acids is 1. The van der Waals surface area contributed by atoms with E-state index in [1.807, 2.05) is 29.6 Å². The summed E-state index contributed by atoms with van der Waals surface area (Å²) in [7, 11) is 0. The summed E-state index contributed by atoms with van der Waals surface area (Å²) in [4.78, 5) is 30.4. The van der Waals surface area contributed by atoms with Crippen LogP contribution in [0.2, 0.25) is 0 Å². The lowest BCUT2D eigenvalue weighted by Crippen LogP contribution is -2.31. The molecule has 3 aromatic rings. The Morgan fingerprint density at radius 3 is 2.96 bits per heavy atom. The van der Waals surface area contributed by atoms with Gasteiger partial charge >= 0.3 is 0 Å². The van der Waals surface area contributed by atoms with Crippen LogP contribution >= 0.6 is 0 Å². The molecule has 0 spiro atoms. The van der Waals surface area contributed by atoms with Crippen molar-refractivity contribution in [3.05, 3.63) is 18.2 Å². The molecule has 2 N–H and O–H groups in total. The molecule has 3 aromatic heterocycles. The van der Waals surface area contributed by atoms with Crippen molar-refractivity contribution in [3.8, 4) is 11.4 Å². The zero-order valence-electron chi connectivity index (χ0n) is 15.9. The van der Waals surface area contributed by atoms with E-state index in [-0.39, 0.29) is 11.9 Å². The smallest absolute Gasteiger partial charge is 0.222 e. The second-order valence-electron chi connectivity index (χ2n) is 6.79. The van der Waals surface area contributed by atoms with Crippen LogP contribution < -0.4 is 5.32 Å². The molecule has 0 aromatic carbocycles. The predicted octanol–water partition coefficient (Wildman–Crippen LogP) is 1.97. The summed E-state index contributed by atoms with van der Waals surface area (Å²) in [6.07, 6.45) is 4.78. The van der Waals surface area contributed by atoms with Gasteiger partial charge in [-0.05, 0) is 20.3 Å². The van der Waals surface area contributed by atoms with Crippen LogP contribution in [0, 0.1) is 6.92 Å². The molecule has 1 saturated heterocycles.